The van der Waals surface area contributed by atoms with Crippen LogP contribution in [0.15, 0.2) is 18.2 Å². The zero-order valence-electron chi connectivity index (χ0n) is 9.20. The highest BCUT2D eigenvalue weighted by molar-refractivity contribution is 5.45. The van der Waals surface area contributed by atoms with E-state index in [4.69, 9.17) is 19.3 Å². The summed E-state index contributed by atoms with van der Waals surface area (Å²) in [6, 6.07) is 5.59. The Hall–Kier alpha value is -1.30. The Labute approximate surface area is 98.5 Å². The van der Waals surface area contributed by atoms with E-state index < -0.39 is 12.2 Å². The lowest BCUT2D eigenvalue weighted by Gasteiger charge is -2.12. The van der Waals surface area contributed by atoms with E-state index in [0.29, 0.717) is 12.2 Å². The fourth-order valence-electron chi connectivity index (χ4n) is 2.22. The number of hydrogen-bond donors (Lipinski definition) is 2. The molecule has 2 heterocycles. The Morgan fingerprint density at radius 3 is 2.82 bits per heavy atom. The van der Waals surface area contributed by atoms with Crippen molar-refractivity contribution in [3.63, 3.8) is 0 Å². The van der Waals surface area contributed by atoms with Crippen LogP contribution in [0.25, 0.3) is 0 Å². The molecular formula is C12H14O5. The van der Waals surface area contributed by atoms with E-state index in [9.17, 15) is 5.11 Å². The molecular weight excluding hydrogens is 224 g/mol. The molecule has 0 saturated carbocycles. The monoisotopic (exact) mass is 238 g/mol. The smallest absolute Gasteiger partial charge is 0.231 e. The molecule has 1 aromatic carbocycles. The first-order valence-corrected chi connectivity index (χ1v) is 5.62. The molecule has 92 valence electrons. The van der Waals surface area contributed by atoms with Crippen molar-refractivity contribution in [3.8, 4) is 11.5 Å². The van der Waals surface area contributed by atoms with Gasteiger partial charge in [-0.25, -0.2) is 0 Å². The standard InChI is InChI=1S/C12H14O5/c13-5-12-8(14)4-10(17-12)7-1-2-9-11(3-7)16-6-15-9/h1-3,8,10,12-14H,4-6H2/t8-,10+,12+/m0/s1. The third-order valence-electron chi connectivity index (χ3n) is 3.17. The highest BCUT2D eigenvalue weighted by atomic mass is 16.7. The average molecular weight is 238 g/mol. The fourth-order valence-corrected chi connectivity index (χ4v) is 2.22. The van der Waals surface area contributed by atoms with Crippen LogP contribution < -0.4 is 9.47 Å². The van der Waals surface area contributed by atoms with Gasteiger partial charge in [-0.1, -0.05) is 6.07 Å². The Morgan fingerprint density at radius 1 is 1.24 bits per heavy atom. The van der Waals surface area contributed by atoms with Crippen LogP contribution >= 0.6 is 0 Å². The van der Waals surface area contributed by atoms with E-state index in [2.05, 4.69) is 0 Å². The third-order valence-corrected chi connectivity index (χ3v) is 3.17. The molecule has 0 aliphatic carbocycles. The number of fused-ring (bicyclic) bond motifs is 1. The molecule has 0 bridgehead atoms. The molecule has 3 rings (SSSR count). The first-order valence-electron chi connectivity index (χ1n) is 5.62. The number of hydrogen-bond acceptors (Lipinski definition) is 5. The Kier molecular flexibility index (Phi) is 2.66. The predicted molar refractivity (Wildman–Crippen MR) is 57.9 cm³/mol. The summed E-state index contributed by atoms with van der Waals surface area (Å²) < 4.78 is 16.1. The lowest BCUT2D eigenvalue weighted by molar-refractivity contribution is -0.0225. The number of aliphatic hydroxyl groups excluding tert-OH is 2. The van der Waals surface area contributed by atoms with Crippen molar-refractivity contribution in [1.82, 2.24) is 0 Å². The van der Waals surface area contributed by atoms with Crippen LogP contribution in [0.4, 0.5) is 0 Å². The molecule has 0 radical (unpaired) electrons. The zero-order chi connectivity index (χ0) is 11.8. The van der Waals surface area contributed by atoms with Gasteiger partial charge < -0.3 is 24.4 Å². The molecule has 1 aromatic rings. The molecule has 0 spiro atoms. The van der Waals surface area contributed by atoms with Crippen molar-refractivity contribution in [1.29, 1.82) is 0 Å². The summed E-state index contributed by atoms with van der Waals surface area (Å²) in [6.45, 7) is 0.0778. The van der Waals surface area contributed by atoms with Gasteiger partial charge >= 0.3 is 0 Å². The van der Waals surface area contributed by atoms with Crippen molar-refractivity contribution < 1.29 is 24.4 Å². The minimum Gasteiger partial charge on any atom is -0.454 e. The molecule has 2 N–H and O–H groups in total. The Bertz CT molecular complexity index is 419. The zero-order valence-corrected chi connectivity index (χ0v) is 9.20. The highest BCUT2D eigenvalue weighted by Crippen LogP contribution is 2.39. The molecule has 2 aliphatic heterocycles. The van der Waals surface area contributed by atoms with Gasteiger partial charge in [0.2, 0.25) is 6.79 Å². The van der Waals surface area contributed by atoms with Gasteiger partial charge in [0.1, 0.15) is 6.10 Å². The van der Waals surface area contributed by atoms with Crippen LogP contribution in [0.1, 0.15) is 18.1 Å². The van der Waals surface area contributed by atoms with E-state index in [1.165, 1.54) is 0 Å². The van der Waals surface area contributed by atoms with Crippen LogP contribution in [0, 0.1) is 0 Å². The second-order valence-corrected chi connectivity index (χ2v) is 4.26. The van der Waals surface area contributed by atoms with Gasteiger partial charge in [0, 0.05) is 6.42 Å². The summed E-state index contributed by atoms with van der Waals surface area (Å²) in [6.07, 6.45) is -0.817. The van der Waals surface area contributed by atoms with Crippen molar-refractivity contribution in [2.45, 2.75) is 24.7 Å². The van der Waals surface area contributed by atoms with Crippen LogP contribution in [0.3, 0.4) is 0 Å². The Morgan fingerprint density at radius 2 is 2.06 bits per heavy atom. The molecule has 17 heavy (non-hydrogen) atoms. The van der Waals surface area contributed by atoms with Gasteiger partial charge in [0.25, 0.3) is 0 Å². The summed E-state index contributed by atoms with van der Waals surface area (Å²) in [5.41, 5.74) is 0.934. The second-order valence-electron chi connectivity index (χ2n) is 4.26. The summed E-state index contributed by atoms with van der Waals surface area (Å²) in [7, 11) is 0. The molecule has 0 unspecified atom stereocenters. The molecule has 2 aliphatic rings. The minimum absolute atomic E-state index is 0.164. The number of ether oxygens (including phenoxy) is 3. The van der Waals surface area contributed by atoms with Gasteiger partial charge in [0.05, 0.1) is 18.8 Å². The Balaban J connectivity index is 1.81. The first-order chi connectivity index (χ1) is 8.28. The maximum absolute atomic E-state index is 9.67. The lowest BCUT2D eigenvalue weighted by atomic mass is 10.0. The van der Waals surface area contributed by atoms with Crippen LogP contribution in [-0.2, 0) is 4.74 Å². The molecule has 0 aromatic heterocycles. The number of rotatable bonds is 2. The maximum Gasteiger partial charge on any atom is 0.231 e. The number of benzene rings is 1. The topological polar surface area (TPSA) is 68.2 Å². The largest absolute Gasteiger partial charge is 0.454 e. The molecule has 3 atom stereocenters. The van der Waals surface area contributed by atoms with Crippen LogP contribution in [0.2, 0.25) is 0 Å². The fraction of sp³-hybridized carbons (Fsp3) is 0.500. The molecule has 0 amide bonds. The van der Waals surface area contributed by atoms with E-state index in [-0.39, 0.29) is 19.5 Å². The molecule has 5 heteroatoms. The van der Waals surface area contributed by atoms with E-state index in [1.54, 1.807) is 0 Å². The maximum atomic E-state index is 9.67. The number of aliphatic hydroxyl groups is 2. The minimum atomic E-state index is -0.615. The van der Waals surface area contributed by atoms with E-state index in [1.807, 2.05) is 18.2 Å². The van der Waals surface area contributed by atoms with Gasteiger partial charge in [-0.3, -0.25) is 0 Å². The third kappa shape index (κ3) is 1.86. The van der Waals surface area contributed by atoms with Crippen molar-refractivity contribution >= 4 is 0 Å². The van der Waals surface area contributed by atoms with Crippen LogP contribution in [-0.4, -0.2) is 35.8 Å². The normalized spacial score (nSPS) is 30.8. The van der Waals surface area contributed by atoms with E-state index in [0.717, 1.165) is 11.3 Å². The van der Waals surface area contributed by atoms with Gasteiger partial charge in [0.15, 0.2) is 11.5 Å². The molecule has 5 nitrogen and oxygen atoms in total. The molecule has 1 fully saturated rings. The second kappa shape index (κ2) is 4.18. The van der Waals surface area contributed by atoms with E-state index >= 15 is 0 Å². The quantitative estimate of drug-likeness (QED) is 0.789. The lowest BCUT2D eigenvalue weighted by Crippen LogP contribution is -2.24. The summed E-state index contributed by atoms with van der Waals surface area (Å²) in [4.78, 5) is 0. The van der Waals surface area contributed by atoms with Crippen molar-refractivity contribution in [3.05, 3.63) is 23.8 Å². The predicted octanol–water partition coefficient (Wildman–Crippen LogP) is 0.599. The van der Waals surface area contributed by atoms with Gasteiger partial charge in [-0.2, -0.15) is 0 Å². The summed E-state index contributed by atoms with van der Waals surface area (Å²) >= 11 is 0. The summed E-state index contributed by atoms with van der Waals surface area (Å²) in [5, 5.41) is 18.7. The average Bonchev–Trinajstić information content (AvgIpc) is 2.93. The highest BCUT2D eigenvalue weighted by Gasteiger charge is 2.34. The SMILES string of the molecule is OC[C@H]1O[C@@H](c2ccc3c(c2)OCO3)C[C@@H]1O. The van der Waals surface area contributed by atoms with Crippen molar-refractivity contribution in [2.24, 2.45) is 0 Å². The molecule has 1 saturated heterocycles. The van der Waals surface area contributed by atoms with Crippen molar-refractivity contribution in [2.75, 3.05) is 13.4 Å². The first kappa shape index (κ1) is 10.8. The van der Waals surface area contributed by atoms with Crippen LogP contribution in [0.5, 0.6) is 11.5 Å². The van der Waals surface area contributed by atoms with Gasteiger partial charge in [-0.15, -0.1) is 0 Å². The summed E-state index contributed by atoms with van der Waals surface area (Å²) in [5.74, 6) is 1.43. The van der Waals surface area contributed by atoms with Gasteiger partial charge in [-0.05, 0) is 17.7 Å².